The minimum Gasteiger partial charge on any atom is -0.509 e. The average molecular weight is 1200 g/mol. The first-order chi connectivity index (χ1) is 36.6. The fourth-order valence-electron chi connectivity index (χ4n) is 11.5. The molecule has 0 unspecified atom stereocenters. The van der Waals surface area contributed by atoms with Gasteiger partial charge in [-0.3, -0.25) is 0 Å². The van der Waals surface area contributed by atoms with Gasteiger partial charge in [0.2, 0.25) is 0 Å². The van der Waals surface area contributed by atoms with Gasteiger partial charge in [0.05, 0.1) is 0 Å². The van der Waals surface area contributed by atoms with Gasteiger partial charge in [0.1, 0.15) is 5.82 Å². The van der Waals surface area contributed by atoms with Gasteiger partial charge < -0.3 is 19.1 Å². The summed E-state index contributed by atoms with van der Waals surface area (Å²) in [6, 6.07) is 67.6. The molecule has 0 fully saturated rings. The molecule has 394 valence electrons. The first-order valence-electron chi connectivity index (χ1n) is 27.3. The maximum Gasteiger partial charge on any atom is 0.180 e. The number of aromatic nitrogens is 2. The normalized spacial score (nSPS) is 13.5. The predicted octanol–water partition coefficient (Wildman–Crippen LogP) is 17.7. The van der Waals surface area contributed by atoms with Gasteiger partial charge in [-0.2, -0.15) is 11.5 Å². The van der Waals surface area contributed by atoms with Crippen LogP contribution in [0, 0.1) is 18.8 Å². The molecule has 0 atom stereocenters. The Kier molecular flexibility index (Phi) is 13.1. The predicted molar refractivity (Wildman–Crippen MR) is 326 cm³/mol. The van der Waals surface area contributed by atoms with Gasteiger partial charge in [-0.25, -0.2) is 4.98 Å². The van der Waals surface area contributed by atoms with E-state index in [1.54, 1.807) is 0 Å². The number of anilines is 4. The molecule has 0 aliphatic carbocycles. The van der Waals surface area contributed by atoms with E-state index in [2.05, 4.69) is 281 Å². The van der Waals surface area contributed by atoms with E-state index in [0.29, 0.717) is 11.5 Å². The van der Waals surface area contributed by atoms with Crippen LogP contribution in [0.4, 0.5) is 22.7 Å². The summed E-state index contributed by atoms with van der Waals surface area (Å²) in [4.78, 5) is 9.65. The summed E-state index contributed by atoms with van der Waals surface area (Å²) in [5.41, 5.74) is 20.6. The van der Waals surface area contributed by atoms with Crippen molar-refractivity contribution in [1.29, 1.82) is 0 Å². The SMILES string of the molecule is CB1c2cc(Oc3[c-]c(N4[CH-]N(c5c(-c6cccc(-c7ccccc7)c6)cc(C(C)(C)C)cc5-c5cc(C(C)(C)C)cc(C(C)(C)C)c5)c5ccccc54)ccc3)[c-]c3c2c2c1cccc2n3-c1cc(C(C)(C)C)ccn1.[Pt]. The first kappa shape index (κ1) is 52.9. The fourth-order valence-corrected chi connectivity index (χ4v) is 11.5. The molecule has 0 radical (unpaired) electrons. The van der Waals surface area contributed by atoms with Crippen molar-refractivity contribution in [3.63, 3.8) is 0 Å². The molecule has 0 spiro atoms. The van der Waals surface area contributed by atoms with Gasteiger partial charge in [0.15, 0.2) is 6.71 Å². The van der Waals surface area contributed by atoms with Crippen molar-refractivity contribution in [2.75, 3.05) is 9.80 Å². The molecule has 7 heteroatoms. The maximum atomic E-state index is 6.95. The molecule has 0 amide bonds. The van der Waals surface area contributed by atoms with Gasteiger partial charge in [0, 0.05) is 72.5 Å². The summed E-state index contributed by atoms with van der Waals surface area (Å²) in [7, 11) is 0. The first-order valence-corrected chi connectivity index (χ1v) is 27.3. The molecular formula is C71H68BN4OPt-3. The molecule has 78 heavy (non-hydrogen) atoms. The third-order valence-corrected chi connectivity index (χ3v) is 16.0. The summed E-state index contributed by atoms with van der Waals surface area (Å²) in [6.45, 7) is 32.4. The van der Waals surface area contributed by atoms with Gasteiger partial charge in [-0.1, -0.05) is 197 Å². The number of fused-ring (bicyclic) bond motifs is 1. The standard InChI is InChI=1S/C71H68BN4O.Pt/c1-68(2,3)49-32-33-73-64(40-49)76-62-31-21-28-58-65(62)66-59(72(58)13)42-55(43-63(66)76)77-54-27-20-26-53(41-54)74-44-75(61-30-18-17-29-60(61)74)67-56(47-25-19-24-46(34-47)45-22-15-14-16-23-45)38-52(71(10,11)12)39-57(67)48-35-50(69(4,5)6)37-51(36-48)70(7,8)9;/h14-40,42,44H,1-13H3;/q-3;. The van der Waals surface area contributed by atoms with E-state index in [4.69, 9.17) is 9.72 Å². The summed E-state index contributed by atoms with van der Waals surface area (Å²) in [5, 5.41) is 2.50. The molecule has 4 heterocycles. The van der Waals surface area contributed by atoms with E-state index in [0.717, 1.165) is 50.7 Å². The van der Waals surface area contributed by atoms with Crippen LogP contribution in [0.2, 0.25) is 6.82 Å². The van der Waals surface area contributed by atoms with Crippen molar-refractivity contribution in [1.82, 2.24) is 9.55 Å². The Morgan fingerprint density at radius 2 is 1.06 bits per heavy atom. The van der Waals surface area contributed by atoms with Gasteiger partial charge >= 0.3 is 0 Å². The molecule has 2 aliphatic heterocycles. The second-order valence-corrected chi connectivity index (χ2v) is 25.5. The largest absolute Gasteiger partial charge is 0.509 e. The zero-order chi connectivity index (χ0) is 53.9. The van der Waals surface area contributed by atoms with Gasteiger partial charge in [-0.05, 0) is 115 Å². The van der Waals surface area contributed by atoms with E-state index in [1.807, 2.05) is 12.3 Å². The molecule has 0 saturated heterocycles. The van der Waals surface area contributed by atoms with Crippen LogP contribution in [0.5, 0.6) is 11.5 Å². The molecule has 0 bridgehead atoms. The Labute approximate surface area is 477 Å². The Bertz CT molecular complexity index is 3930. The van der Waals surface area contributed by atoms with Crippen molar-refractivity contribution >= 4 is 62.2 Å². The third-order valence-electron chi connectivity index (χ3n) is 16.0. The number of nitrogens with zero attached hydrogens (tertiary/aromatic N) is 4. The second kappa shape index (κ2) is 19.3. The van der Waals surface area contributed by atoms with Crippen LogP contribution >= 0.6 is 0 Å². The topological polar surface area (TPSA) is 33.5 Å². The van der Waals surface area contributed by atoms with Crippen LogP contribution < -0.4 is 25.5 Å². The van der Waals surface area contributed by atoms with Crippen LogP contribution in [0.25, 0.3) is 61.0 Å². The van der Waals surface area contributed by atoms with E-state index >= 15 is 0 Å². The third kappa shape index (κ3) is 9.38. The fraction of sp³-hybridized carbons (Fsp3) is 0.239. The number of para-hydroxylation sites is 2. The van der Waals surface area contributed by atoms with Crippen LogP contribution in [0.3, 0.4) is 0 Å². The summed E-state index contributed by atoms with van der Waals surface area (Å²) >= 11 is 0. The number of rotatable bonds is 8. The second-order valence-electron chi connectivity index (χ2n) is 25.5. The quantitative estimate of drug-likeness (QED) is 0.112. The molecule has 5 nitrogen and oxygen atoms in total. The smallest absolute Gasteiger partial charge is 0.180 e. The zero-order valence-electron chi connectivity index (χ0n) is 47.3. The van der Waals surface area contributed by atoms with E-state index in [-0.39, 0.29) is 49.4 Å². The number of ether oxygens (including phenoxy) is 1. The number of hydrogen-bond donors (Lipinski definition) is 0. The minimum absolute atomic E-state index is 0. The Hall–Kier alpha value is -7.14. The van der Waals surface area contributed by atoms with Crippen LogP contribution in [0.1, 0.15) is 105 Å². The van der Waals surface area contributed by atoms with Gasteiger partial charge in [0.25, 0.3) is 0 Å². The van der Waals surface area contributed by atoms with Crippen molar-refractivity contribution in [3.8, 4) is 50.7 Å². The Balaban J connectivity index is 0.00000645. The molecule has 2 aliphatic rings. The molecule has 10 aromatic rings. The monoisotopic (exact) mass is 1200 g/mol. The summed E-state index contributed by atoms with van der Waals surface area (Å²) < 4.78 is 9.22. The van der Waals surface area contributed by atoms with Crippen molar-refractivity contribution in [2.45, 2.75) is 112 Å². The number of hydrogen-bond acceptors (Lipinski definition) is 4. The Morgan fingerprint density at radius 3 is 1.74 bits per heavy atom. The average Bonchev–Trinajstić information content (AvgIpc) is 4.26. The zero-order valence-corrected chi connectivity index (χ0v) is 49.6. The van der Waals surface area contributed by atoms with Crippen LogP contribution in [-0.4, -0.2) is 16.3 Å². The number of benzene rings is 8. The van der Waals surface area contributed by atoms with E-state index < -0.39 is 0 Å². The van der Waals surface area contributed by atoms with E-state index in [1.165, 1.54) is 66.2 Å². The van der Waals surface area contributed by atoms with Crippen molar-refractivity contribution in [3.05, 3.63) is 211 Å². The molecule has 12 rings (SSSR count). The van der Waals surface area contributed by atoms with Crippen LogP contribution in [-0.2, 0) is 42.7 Å². The van der Waals surface area contributed by atoms with Crippen LogP contribution in [0.15, 0.2) is 170 Å². The molecule has 8 aromatic carbocycles. The van der Waals surface area contributed by atoms with Gasteiger partial charge in [-0.15, -0.1) is 48.1 Å². The number of pyridine rings is 1. The minimum atomic E-state index is -0.145. The molecular weight excluding hydrogens is 1130 g/mol. The molecule has 0 N–H and O–H groups in total. The summed E-state index contributed by atoms with van der Waals surface area (Å²) in [5.74, 6) is 2.13. The summed E-state index contributed by atoms with van der Waals surface area (Å²) in [6.07, 6.45) is 1.93. The molecule has 0 saturated carbocycles. The Morgan fingerprint density at radius 1 is 0.474 bits per heavy atom. The van der Waals surface area contributed by atoms with E-state index in [9.17, 15) is 0 Å². The molecule has 2 aromatic heterocycles. The van der Waals surface area contributed by atoms with Crippen molar-refractivity contribution < 1.29 is 25.8 Å². The van der Waals surface area contributed by atoms with Crippen molar-refractivity contribution in [2.24, 2.45) is 0 Å². The maximum absolute atomic E-state index is 6.95.